The molecule has 0 spiro atoms. The van der Waals surface area contributed by atoms with Gasteiger partial charge in [-0.25, -0.2) is 12.8 Å². The number of amides is 1. The molecule has 1 N–H and O–H groups in total. The molecule has 0 aromatic heterocycles. The Morgan fingerprint density at radius 2 is 1.48 bits per heavy atom. The molecule has 0 radical (unpaired) electrons. The Morgan fingerprint density at radius 3 is 2.06 bits per heavy atom. The summed E-state index contributed by atoms with van der Waals surface area (Å²) in [6.45, 7) is 5.19. The summed E-state index contributed by atoms with van der Waals surface area (Å²) in [6.07, 6.45) is 0. The number of benzene rings is 3. The lowest BCUT2D eigenvalue weighted by molar-refractivity contribution is -0.116. The Labute approximate surface area is 182 Å². The van der Waals surface area contributed by atoms with Crippen LogP contribution in [0, 0.1) is 26.6 Å². The topological polar surface area (TPSA) is 66.5 Å². The van der Waals surface area contributed by atoms with Crippen LogP contribution in [-0.2, 0) is 21.4 Å². The van der Waals surface area contributed by atoms with Gasteiger partial charge in [0, 0.05) is 12.2 Å². The molecule has 0 saturated heterocycles. The highest BCUT2D eigenvalue weighted by Crippen LogP contribution is 2.22. The van der Waals surface area contributed by atoms with Crippen LogP contribution < -0.4 is 5.32 Å². The highest BCUT2D eigenvalue weighted by atomic mass is 32.2. The second-order valence-corrected chi connectivity index (χ2v) is 9.47. The van der Waals surface area contributed by atoms with Crippen molar-refractivity contribution in [3.8, 4) is 0 Å². The molecule has 31 heavy (non-hydrogen) atoms. The van der Waals surface area contributed by atoms with Gasteiger partial charge in [-0.3, -0.25) is 4.79 Å². The van der Waals surface area contributed by atoms with Crippen molar-refractivity contribution in [2.75, 3.05) is 11.9 Å². The molecule has 3 rings (SSSR count). The monoisotopic (exact) mass is 440 g/mol. The SMILES string of the molecule is Cc1ccc(S(=O)(=O)N(CC(=O)Nc2c(C)cccc2C)Cc2ccc(F)cc2)cc1. The second-order valence-electron chi connectivity index (χ2n) is 7.53. The van der Waals surface area contributed by atoms with Crippen LogP contribution in [0.25, 0.3) is 0 Å². The molecule has 0 saturated carbocycles. The number of carbonyl (C=O) groups excluding carboxylic acids is 1. The summed E-state index contributed by atoms with van der Waals surface area (Å²) in [5.74, 6) is -0.861. The molecule has 0 aliphatic heterocycles. The number of nitrogens with one attached hydrogen (secondary N) is 1. The van der Waals surface area contributed by atoms with E-state index in [4.69, 9.17) is 0 Å². The van der Waals surface area contributed by atoms with E-state index in [9.17, 15) is 17.6 Å². The first-order valence-electron chi connectivity index (χ1n) is 9.84. The van der Waals surface area contributed by atoms with Gasteiger partial charge in [-0.05, 0) is 61.7 Å². The Kier molecular flexibility index (Phi) is 6.87. The third-order valence-electron chi connectivity index (χ3n) is 5.00. The van der Waals surface area contributed by atoms with E-state index in [1.54, 1.807) is 12.1 Å². The molecule has 0 atom stereocenters. The zero-order valence-corrected chi connectivity index (χ0v) is 18.5. The van der Waals surface area contributed by atoms with Crippen LogP contribution in [-0.4, -0.2) is 25.2 Å². The fourth-order valence-corrected chi connectivity index (χ4v) is 4.61. The maximum absolute atomic E-state index is 13.3. The van der Waals surface area contributed by atoms with Crippen LogP contribution in [0.3, 0.4) is 0 Å². The average Bonchev–Trinajstić information content (AvgIpc) is 2.72. The summed E-state index contributed by atoms with van der Waals surface area (Å²) >= 11 is 0. The smallest absolute Gasteiger partial charge is 0.243 e. The first-order valence-corrected chi connectivity index (χ1v) is 11.3. The van der Waals surface area contributed by atoms with Crippen LogP contribution in [0.4, 0.5) is 10.1 Å². The molecule has 0 aliphatic rings. The molecule has 0 fully saturated rings. The largest absolute Gasteiger partial charge is 0.324 e. The van der Waals surface area contributed by atoms with Gasteiger partial charge in [0.25, 0.3) is 0 Å². The van der Waals surface area contributed by atoms with Gasteiger partial charge >= 0.3 is 0 Å². The van der Waals surface area contributed by atoms with Crippen LogP contribution in [0.1, 0.15) is 22.3 Å². The Hall–Kier alpha value is -3.03. The third-order valence-corrected chi connectivity index (χ3v) is 6.80. The summed E-state index contributed by atoms with van der Waals surface area (Å²) in [5, 5.41) is 2.83. The van der Waals surface area contributed by atoms with Gasteiger partial charge in [0.1, 0.15) is 5.82 Å². The third kappa shape index (κ3) is 5.57. The van der Waals surface area contributed by atoms with Crippen molar-refractivity contribution in [2.45, 2.75) is 32.2 Å². The second kappa shape index (κ2) is 9.41. The lowest BCUT2D eigenvalue weighted by Crippen LogP contribution is -2.37. The van der Waals surface area contributed by atoms with Gasteiger partial charge in [0.2, 0.25) is 15.9 Å². The van der Waals surface area contributed by atoms with Crippen LogP contribution in [0.5, 0.6) is 0 Å². The van der Waals surface area contributed by atoms with Gasteiger partial charge in [-0.2, -0.15) is 4.31 Å². The van der Waals surface area contributed by atoms with Crippen molar-refractivity contribution in [1.82, 2.24) is 4.31 Å². The Morgan fingerprint density at radius 1 is 0.903 bits per heavy atom. The average molecular weight is 441 g/mol. The fourth-order valence-electron chi connectivity index (χ4n) is 3.23. The maximum atomic E-state index is 13.3. The first-order chi connectivity index (χ1) is 14.7. The molecule has 3 aromatic carbocycles. The van der Waals surface area contributed by atoms with Crippen molar-refractivity contribution < 1.29 is 17.6 Å². The highest BCUT2D eigenvalue weighted by Gasteiger charge is 2.27. The molecule has 0 unspecified atom stereocenters. The zero-order chi connectivity index (χ0) is 22.6. The van der Waals surface area contributed by atoms with Crippen LogP contribution in [0.15, 0.2) is 71.6 Å². The number of aryl methyl sites for hydroxylation is 3. The van der Waals surface area contributed by atoms with Crippen molar-refractivity contribution in [1.29, 1.82) is 0 Å². The lowest BCUT2D eigenvalue weighted by Gasteiger charge is -2.22. The number of sulfonamides is 1. The summed E-state index contributed by atoms with van der Waals surface area (Å²) < 4.78 is 41.0. The van der Waals surface area contributed by atoms with E-state index < -0.39 is 21.7 Å². The van der Waals surface area contributed by atoms with E-state index in [0.29, 0.717) is 11.3 Å². The van der Waals surface area contributed by atoms with E-state index in [1.165, 1.54) is 36.4 Å². The molecule has 162 valence electrons. The van der Waals surface area contributed by atoms with Crippen molar-refractivity contribution in [3.63, 3.8) is 0 Å². The first kappa shape index (κ1) is 22.7. The number of hydrogen-bond acceptors (Lipinski definition) is 3. The number of rotatable bonds is 7. The minimum absolute atomic E-state index is 0.0589. The number of anilines is 1. The summed E-state index contributed by atoms with van der Waals surface area (Å²) in [5.41, 5.74) is 3.95. The van der Waals surface area contributed by atoms with Gasteiger partial charge in [0.15, 0.2) is 0 Å². The number of carbonyl (C=O) groups is 1. The number of nitrogens with zero attached hydrogens (tertiary/aromatic N) is 1. The molecule has 0 heterocycles. The number of hydrogen-bond donors (Lipinski definition) is 1. The van der Waals surface area contributed by atoms with Crippen molar-refractivity contribution in [3.05, 3.63) is 94.8 Å². The number of para-hydroxylation sites is 1. The van der Waals surface area contributed by atoms with Gasteiger partial charge in [-0.15, -0.1) is 0 Å². The van der Waals surface area contributed by atoms with Crippen LogP contribution >= 0.6 is 0 Å². The standard InChI is InChI=1S/C24H25FN2O3S/c1-17-7-13-22(14-8-17)31(29,30)27(15-20-9-11-21(25)12-10-20)16-23(28)26-24-18(2)5-4-6-19(24)3/h4-14H,15-16H2,1-3H3,(H,26,28). The zero-order valence-electron chi connectivity index (χ0n) is 17.7. The molecular formula is C24H25FN2O3S. The molecule has 0 bridgehead atoms. The fraction of sp³-hybridized carbons (Fsp3) is 0.208. The molecule has 0 aliphatic carbocycles. The Balaban J connectivity index is 1.90. The molecule has 1 amide bonds. The lowest BCUT2D eigenvalue weighted by atomic mass is 10.1. The summed E-state index contributed by atoms with van der Waals surface area (Å²) in [4.78, 5) is 12.9. The molecule has 5 nitrogen and oxygen atoms in total. The van der Waals surface area contributed by atoms with Crippen molar-refractivity contribution in [2.24, 2.45) is 0 Å². The highest BCUT2D eigenvalue weighted by molar-refractivity contribution is 7.89. The molecule has 7 heteroatoms. The summed E-state index contributed by atoms with van der Waals surface area (Å²) in [6, 6.07) is 17.7. The van der Waals surface area contributed by atoms with Crippen molar-refractivity contribution >= 4 is 21.6 Å². The van der Waals surface area contributed by atoms with Gasteiger partial charge in [-0.1, -0.05) is 48.0 Å². The van der Waals surface area contributed by atoms with Crippen LogP contribution in [0.2, 0.25) is 0 Å². The molecule has 3 aromatic rings. The van der Waals surface area contributed by atoms with Gasteiger partial charge < -0.3 is 5.32 Å². The molecular weight excluding hydrogens is 415 g/mol. The number of halogens is 1. The van der Waals surface area contributed by atoms with E-state index in [2.05, 4.69) is 5.32 Å². The normalized spacial score (nSPS) is 11.5. The minimum atomic E-state index is -3.95. The van der Waals surface area contributed by atoms with E-state index >= 15 is 0 Å². The maximum Gasteiger partial charge on any atom is 0.243 e. The quantitative estimate of drug-likeness (QED) is 0.585. The Bertz CT molecular complexity index is 1150. The summed E-state index contributed by atoms with van der Waals surface area (Å²) in [7, 11) is -3.95. The van der Waals surface area contributed by atoms with E-state index in [1.807, 2.05) is 39.0 Å². The van der Waals surface area contributed by atoms with E-state index in [-0.39, 0.29) is 18.0 Å². The predicted octanol–water partition coefficient (Wildman–Crippen LogP) is 4.58. The van der Waals surface area contributed by atoms with Gasteiger partial charge in [0.05, 0.1) is 11.4 Å². The minimum Gasteiger partial charge on any atom is -0.324 e. The van der Waals surface area contributed by atoms with E-state index in [0.717, 1.165) is 21.0 Å². The predicted molar refractivity (Wildman–Crippen MR) is 120 cm³/mol.